The summed E-state index contributed by atoms with van der Waals surface area (Å²) in [6.07, 6.45) is -0.190. The van der Waals surface area contributed by atoms with Crippen molar-refractivity contribution >= 4 is 18.2 Å². The SMILES string of the molecule is CN(CC(F)(F)F)c1n[nH]c(=S)n1C1CCCC1. The van der Waals surface area contributed by atoms with Crippen LogP contribution in [-0.2, 0) is 0 Å². The van der Waals surface area contributed by atoms with Crippen LogP contribution >= 0.6 is 12.2 Å². The van der Waals surface area contributed by atoms with Crippen LogP contribution in [0.15, 0.2) is 0 Å². The molecule has 102 valence electrons. The Morgan fingerprint density at radius 3 is 2.61 bits per heavy atom. The zero-order valence-electron chi connectivity index (χ0n) is 10.00. The second-order valence-electron chi connectivity index (χ2n) is 4.61. The lowest BCUT2D eigenvalue weighted by Crippen LogP contribution is -2.33. The van der Waals surface area contributed by atoms with Gasteiger partial charge < -0.3 is 4.90 Å². The molecule has 0 bridgehead atoms. The molecule has 0 amide bonds. The van der Waals surface area contributed by atoms with Crippen LogP contribution in [0.5, 0.6) is 0 Å². The van der Waals surface area contributed by atoms with E-state index < -0.39 is 12.7 Å². The molecule has 0 radical (unpaired) electrons. The molecule has 1 fully saturated rings. The first-order valence-electron chi connectivity index (χ1n) is 5.83. The van der Waals surface area contributed by atoms with Crippen LogP contribution in [0.1, 0.15) is 31.7 Å². The Labute approximate surface area is 108 Å². The number of halogens is 3. The zero-order valence-corrected chi connectivity index (χ0v) is 10.8. The largest absolute Gasteiger partial charge is 0.406 e. The van der Waals surface area contributed by atoms with Gasteiger partial charge in [-0.1, -0.05) is 12.8 Å². The maximum absolute atomic E-state index is 12.4. The van der Waals surface area contributed by atoms with Crippen LogP contribution in [0.4, 0.5) is 19.1 Å². The fourth-order valence-corrected chi connectivity index (χ4v) is 2.67. The summed E-state index contributed by atoms with van der Waals surface area (Å²) < 4.78 is 39.3. The van der Waals surface area contributed by atoms with E-state index in [9.17, 15) is 13.2 Å². The van der Waals surface area contributed by atoms with E-state index >= 15 is 0 Å². The number of nitrogens with zero attached hydrogens (tertiary/aromatic N) is 3. The molecule has 2 rings (SSSR count). The highest BCUT2D eigenvalue weighted by molar-refractivity contribution is 7.71. The first-order chi connectivity index (χ1) is 8.38. The minimum Gasteiger partial charge on any atom is -0.335 e. The number of anilines is 1. The fraction of sp³-hybridized carbons (Fsp3) is 0.800. The summed E-state index contributed by atoms with van der Waals surface area (Å²) in [4.78, 5) is 1.09. The quantitative estimate of drug-likeness (QED) is 0.865. The number of aromatic amines is 1. The number of rotatable bonds is 3. The third-order valence-electron chi connectivity index (χ3n) is 3.13. The third-order valence-corrected chi connectivity index (χ3v) is 3.42. The van der Waals surface area contributed by atoms with E-state index in [0.29, 0.717) is 4.77 Å². The fourth-order valence-electron chi connectivity index (χ4n) is 2.40. The highest BCUT2D eigenvalue weighted by Gasteiger charge is 2.32. The van der Waals surface area contributed by atoms with Gasteiger partial charge in [-0.05, 0) is 25.1 Å². The predicted octanol–water partition coefficient (Wildman–Crippen LogP) is 3.05. The maximum atomic E-state index is 12.4. The molecule has 0 atom stereocenters. The molecule has 1 aromatic rings. The molecule has 4 nitrogen and oxygen atoms in total. The molecule has 0 spiro atoms. The van der Waals surface area contributed by atoms with E-state index in [1.807, 2.05) is 0 Å². The van der Waals surface area contributed by atoms with Gasteiger partial charge in [-0.3, -0.25) is 4.57 Å². The van der Waals surface area contributed by atoms with Crippen molar-refractivity contribution in [3.63, 3.8) is 0 Å². The summed E-state index contributed by atoms with van der Waals surface area (Å²) in [6.45, 7) is -1.03. The smallest absolute Gasteiger partial charge is 0.335 e. The normalized spacial score (nSPS) is 17.3. The molecule has 0 saturated heterocycles. The standard InChI is InChI=1S/C10H15F3N4S/c1-16(6-10(11,12)13)8-14-15-9(18)17(8)7-4-2-3-5-7/h7H,2-6H2,1H3,(H,15,18). The van der Waals surface area contributed by atoms with Crippen LogP contribution in [-0.4, -0.2) is 34.5 Å². The molecule has 0 unspecified atom stereocenters. The molecule has 0 aliphatic heterocycles. The molecular weight excluding hydrogens is 265 g/mol. The van der Waals surface area contributed by atoms with Crippen molar-refractivity contribution in [3.8, 4) is 0 Å². The van der Waals surface area contributed by atoms with E-state index in [-0.39, 0.29) is 12.0 Å². The second kappa shape index (κ2) is 4.91. The summed E-state index contributed by atoms with van der Waals surface area (Å²) in [5.41, 5.74) is 0. The second-order valence-corrected chi connectivity index (χ2v) is 4.99. The van der Waals surface area contributed by atoms with Crippen LogP contribution in [0, 0.1) is 4.77 Å². The Kier molecular flexibility index (Phi) is 3.65. The number of hydrogen-bond acceptors (Lipinski definition) is 3. The van der Waals surface area contributed by atoms with Crippen molar-refractivity contribution in [1.82, 2.24) is 14.8 Å². The van der Waals surface area contributed by atoms with Crippen molar-refractivity contribution in [2.75, 3.05) is 18.5 Å². The van der Waals surface area contributed by atoms with Crippen molar-refractivity contribution in [2.45, 2.75) is 37.9 Å². The summed E-state index contributed by atoms with van der Waals surface area (Å²) in [5, 5.41) is 6.50. The summed E-state index contributed by atoms with van der Waals surface area (Å²) in [6, 6.07) is 0.168. The Balaban J connectivity index is 2.25. The molecule has 1 aliphatic carbocycles. The van der Waals surface area contributed by atoms with Gasteiger partial charge in [-0.2, -0.15) is 13.2 Å². The number of nitrogens with one attached hydrogen (secondary N) is 1. The predicted molar refractivity (Wildman–Crippen MR) is 64.2 cm³/mol. The minimum absolute atomic E-state index is 0.168. The van der Waals surface area contributed by atoms with Crippen LogP contribution in [0.3, 0.4) is 0 Å². The van der Waals surface area contributed by atoms with Crippen molar-refractivity contribution in [2.24, 2.45) is 0 Å². The highest BCUT2D eigenvalue weighted by Crippen LogP contribution is 2.32. The number of aromatic nitrogens is 3. The highest BCUT2D eigenvalue weighted by atomic mass is 32.1. The first kappa shape index (κ1) is 13.4. The first-order valence-corrected chi connectivity index (χ1v) is 6.24. The Bertz CT molecular complexity index is 458. The summed E-state index contributed by atoms with van der Waals surface area (Å²) in [7, 11) is 1.38. The molecule has 1 aliphatic rings. The number of alkyl halides is 3. The summed E-state index contributed by atoms with van der Waals surface area (Å²) in [5.74, 6) is 0.268. The topological polar surface area (TPSA) is 36.9 Å². The van der Waals surface area contributed by atoms with Gasteiger partial charge in [0.1, 0.15) is 6.54 Å². The van der Waals surface area contributed by atoms with E-state index in [4.69, 9.17) is 12.2 Å². The van der Waals surface area contributed by atoms with Gasteiger partial charge in [0.2, 0.25) is 5.95 Å². The molecular formula is C10H15F3N4S. The lowest BCUT2D eigenvalue weighted by atomic mass is 10.2. The lowest BCUT2D eigenvalue weighted by Gasteiger charge is -2.22. The molecule has 1 N–H and O–H groups in total. The van der Waals surface area contributed by atoms with Gasteiger partial charge in [-0.15, -0.1) is 5.10 Å². The van der Waals surface area contributed by atoms with Crippen molar-refractivity contribution < 1.29 is 13.2 Å². The van der Waals surface area contributed by atoms with Crippen LogP contribution in [0.2, 0.25) is 0 Å². The lowest BCUT2D eigenvalue weighted by molar-refractivity contribution is -0.119. The number of H-pyrrole nitrogens is 1. The molecule has 8 heteroatoms. The van der Waals surface area contributed by atoms with E-state index in [1.165, 1.54) is 7.05 Å². The van der Waals surface area contributed by atoms with Gasteiger partial charge in [0.25, 0.3) is 0 Å². The summed E-state index contributed by atoms with van der Waals surface area (Å²) >= 11 is 5.11. The van der Waals surface area contributed by atoms with Gasteiger partial charge >= 0.3 is 6.18 Å². The zero-order chi connectivity index (χ0) is 13.3. The number of hydrogen-bond donors (Lipinski definition) is 1. The maximum Gasteiger partial charge on any atom is 0.406 e. The molecule has 18 heavy (non-hydrogen) atoms. The van der Waals surface area contributed by atoms with Crippen molar-refractivity contribution in [3.05, 3.63) is 4.77 Å². The van der Waals surface area contributed by atoms with Gasteiger partial charge in [-0.25, -0.2) is 5.10 Å². The Morgan fingerprint density at radius 2 is 2.06 bits per heavy atom. The van der Waals surface area contributed by atoms with E-state index in [1.54, 1.807) is 4.57 Å². The Hall–Kier alpha value is -1.05. The van der Waals surface area contributed by atoms with Crippen LogP contribution < -0.4 is 4.90 Å². The molecule has 1 heterocycles. The average Bonchev–Trinajstić information content (AvgIpc) is 2.82. The monoisotopic (exact) mass is 280 g/mol. The van der Waals surface area contributed by atoms with Crippen molar-refractivity contribution in [1.29, 1.82) is 0 Å². The average molecular weight is 280 g/mol. The van der Waals surface area contributed by atoms with Crippen LogP contribution in [0.25, 0.3) is 0 Å². The third kappa shape index (κ3) is 2.85. The molecule has 0 aromatic carbocycles. The molecule has 1 saturated carbocycles. The Morgan fingerprint density at radius 1 is 1.44 bits per heavy atom. The van der Waals surface area contributed by atoms with E-state index in [2.05, 4.69) is 10.2 Å². The van der Waals surface area contributed by atoms with Gasteiger partial charge in [0.15, 0.2) is 4.77 Å². The molecule has 1 aromatic heterocycles. The van der Waals surface area contributed by atoms with E-state index in [0.717, 1.165) is 30.6 Å². The van der Waals surface area contributed by atoms with Gasteiger partial charge in [0.05, 0.1) is 0 Å². The van der Waals surface area contributed by atoms with Gasteiger partial charge in [0, 0.05) is 13.1 Å². The minimum atomic E-state index is -4.25.